The standard InChI is InChI=1S/C16H20FN3OS/c1-4-20(5-2)15(21)13-10(3)18-16(22)19-14(13)11-8-6-7-9-12(11)17/h6-9,14H,4-5H2,1-3H3,(H2,18,19,22). The number of allylic oxidation sites excluding steroid dienone is 1. The third kappa shape index (κ3) is 3.11. The molecule has 1 heterocycles. The largest absolute Gasteiger partial charge is 0.351 e. The summed E-state index contributed by atoms with van der Waals surface area (Å²) in [5.41, 5.74) is 1.58. The Hall–Kier alpha value is -1.95. The molecule has 0 saturated carbocycles. The van der Waals surface area contributed by atoms with Crippen molar-refractivity contribution in [2.24, 2.45) is 0 Å². The van der Waals surface area contributed by atoms with Crippen LogP contribution in [-0.4, -0.2) is 29.0 Å². The molecule has 22 heavy (non-hydrogen) atoms. The summed E-state index contributed by atoms with van der Waals surface area (Å²) in [6.07, 6.45) is 0. The van der Waals surface area contributed by atoms with Gasteiger partial charge in [0.2, 0.25) is 0 Å². The first kappa shape index (κ1) is 16.4. The van der Waals surface area contributed by atoms with Crippen molar-refractivity contribution < 1.29 is 9.18 Å². The molecule has 1 aliphatic rings. The molecule has 118 valence electrons. The van der Waals surface area contributed by atoms with Gasteiger partial charge in [-0.25, -0.2) is 4.39 Å². The van der Waals surface area contributed by atoms with Gasteiger partial charge in [-0.15, -0.1) is 0 Å². The number of benzene rings is 1. The Morgan fingerprint density at radius 2 is 1.95 bits per heavy atom. The number of nitrogens with one attached hydrogen (secondary N) is 2. The number of halogens is 1. The fourth-order valence-corrected chi connectivity index (χ4v) is 2.87. The van der Waals surface area contributed by atoms with Crippen molar-refractivity contribution in [3.63, 3.8) is 0 Å². The van der Waals surface area contributed by atoms with Crippen LogP contribution in [0.2, 0.25) is 0 Å². The lowest BCUT2D eigenvalue weighted by atomic mass is 9.94. The van der Waals surface area contributed by atoms with Crippen LogP contribution < -0.4 is 10.6 Å². The smallest absolute Gasteiger partial charge is 0.253 e. The van der Waals surface area contributed by atoms with Gasteiger partial charge in [-0.1, -0.05) is 18.2 Å². The molecule has 1 unspecified atom stereocenters. The first-order chi connectivity index (χ1) is 10.5. The van der Waals surface area contributed by atoms with Crippen LogP contribution in [0.3, 0.4) is 0 Å². The molecular formula is C16H20FN3OS. The SMILES string of the molecule is CCN(CC)C(=O)C1=C(C)NC(=S)NC1c1ccccc1F. The Bertz CT molecular complexity index is 626. The van der Waals surface area contributed by atoms with Crippen LogP contribution in [0.5, 0.6) is 0 Å². The lowest BCUT2D eigenvalue weighted by Crippen LogP contribution is -2.47. The molecule has 0 bridgehead atoms. The molecule has 2 N–H and O–H groups in total. The molecular weight excluding hydrogens is 301 g/mol. The number of nitrogens with zero attached hydrogens (tertiary/aromatic N) is 1. The van der Waals surface area contributed by atoms with E-state index in [1.165, 1.54) is 6.07 Å². The molecule has 0 spiro atoms. The predicted octanol–water partition coefficient (Wildman–Crippen LogP) is 2.49. The highest BCUT2D eigenvalue weighted by molar-refractivity contribution is 7.80. The average molecular weight is 321 g/mol. The van der Waals surface area contributed by atoms with Crippen molar-refractivity contribution in [1.82, 2.24) is 15.5 Å². The lowest BCUT2D eigenvalue weighted by molar-refractivity contribution is -0.127. The number of hydrogen-bond donors (Lipinski definition) is 2. The van der Waals surface area contributed by atoms with E-state index in [0.717, 1.165) is 0 Å². The van der Waals surface area contributed by atoms with Crippen LogP contribution in [0.15, 0.2) is 35.5 Å². The molecule has 4 nitrogen and oxygen atoms in total. The van der Waals surface area contributed by atoms with Gasteiger partial charge in [0.25, 0.3) is 5.91 Å². The van der Waals surface area contributed by atoms with Gasteiger partial charge in [0.15, 0.2) is 5.11 Å². The molecule has 1 atom stereocenters. The first-order valence-corrected chi connectivity index (χ1v) is 7.72. The normalized spacial score (nSPS) is 17.8. The minimum absolute atomic E-state index is 0.113. The number of rotatable bonds is 4. The second kappa shape index (κ2) is 6.87. The Morgan fingerprint density at radius 3 is 2.55 bits per heavy atom. The topological polar surface area (TPSA) is 44.4 Å². The maximum absolute atomic E-state index is 14.2. The molecule has 6 heteroatoms. The van der Waals surface area contributed by atoms with Crippen LogP contribution >= 0.6 is 12.2 Å². The van der Waals surface area contributed by atoms with Crippen molar-refractivity contribution in [3.05, 3.63) is 46.9 Å². The van der Waals surface area contributed by atoms with Gasteiger partial charge in [0.05, 0.1) is 11.6 Å². The van der Waals surface area contributed by atoms with Crippen LogP contribution in [0.4, 0.5) is 4.39 Å². The van der Waals surface area contributed by atoms with Crippen molar-refractivity contribution in [1.29, 1.82) is 0 Å². The van der Waals surface area contributed by atoms with E-state index in [4.69, 9.17) is 12.2 Å². The third-order valence-corrected chi connectivity index (χ3v) is 3.99. The van der Waals surface area contributed by atoms with Gasteiger partial charge in [0.1, 0.15) is 5.82 Å². The average Bonchev–Trinajstić information content (AvgIpc) is 2.48. The molecule has 0 radical (unpaired) electrons. The highest BCUT2D eigenvalue weighted by Crippen LogP contribution is 2.29. The summed E-state index contributed by atoms with van der Waals surface area (Å²) in [6, 6.07) is 5.85. The summed E-state index contributed by atoms with van der Waals surface area (Å²) in [6.45, 7) is 6.83. The predicted molar refractivity (Wildman–Crippen MR) is 88.6 cm³/mol. The highest BCUT2D eigenvalue weighted by atomic mass is 32.1. The minimum atomic E-state index is -0.581. The Morgan fingerprint density at radius 1 is 1.32 bits per heavy atom. The Labute approximate surface area is 135 Å². The van der Waals surface area contributed by atoms with E-state index < -0.39 is 6.04 Å². The lowest BCUT2D eigenvalue weighted by Gasteiger charge is -2.33. The summed E-state index contributed by atoms with van der Waals surface area (Å²) in [7, 11) is 0. The Kier molecular flexibility index (Phi) is 5.13. The molecule has 1 aliphatic heterocycles. The molecule has 2 rings (SSSR count). The monoisotopic (exact) mass is 321 g/mol. The fourth-order valence-electron chi connectivity index (χ4n) is 2.60. The first-order valence-electron chi connectivity index (χ1n) is 7.31. The van der Waals surface area contributed by atoms with E-state index in [9.17, 15) is 9.18 Å². The molecule has 0 fully saturated rings. The summed E-state index contributed by atoms with van der Waals surface area (Å²) >= 11 is 5.16. The van der Waals surface area contributed by atoms with Crippen molar-refractivity contribution in [2.45, 2.75) is 26.8 Å². The van der Waals surface area contributed by atoms with Gasteiger partial charge in [-0.05, 0) is 39.1 Å². The van der Waals surface area contributed by atoms with E-state index >= 15 is 0 Å². The summed E-state index contributed by atoms with van der Waals surface area (Å²) in [4.78, 5) is 14.5. The minimum Gasteiger partial charge on any atom is -0.351 e. The highest BCUT2D eigenvalue weighted by Gasteiger charge is 2.33. The summed E-state index contributed by atoms with van der Waals surface area (Å²) in [5.74, 6) is -0.472. The van der Waals surface area contributed by atoms with Gasteiger partial charge in [0, 0.05) is 24.4 Å². The number of likely N-dealkylation sites (N-methyl/N-ethyl adjacent to an activating group) is 1. The fraction of sp³-hybridized carbons (Fsp3) is 0.375. The van der Waals surface area contributed by atoms with Gasteiger partial charge < -0.3 is 15.5 Å². The second-order valence-corrected chi connectivity index (χ2v) is 5.48. The van der Waals surface area contributed by atoms with Crippen LogP contribution in [-0.2, 0) is 4.79 Å². The third-order valence-electron chi connectivity index (χ3n) is 3.77. The van der Waals surface area contributed by atoms with E-state index in [2.05, 4.69) is 10.6 Å². The zero-order valence-electron chi connectivity index (χ0n) is 12.9. The maximum atomic E-state index is 14.2. The number of amides is 1. The molecule has 1 amide bonds. The van der Waals surface area contributed by atoms with Crippen LogP contribution in [0, 0.1) is 5.82 Å². The van der Waals surface area contributed by atoms with Crippen LogP contribution in [0.25, 0.3) is 0 Å². The van der Waals surface area contributed by atoms with Gasteiger partial charge in [-0.2, -0.15) is 0 Å². The quantitative estimate of drug-likeness (QED) is 0.836. The zero-order valence-corrected chi connectivity index (χ0v) is 13.8. The maximum Gasteiger partial charge on any atom is 0.253 e. The van der Waals surface area contributed by atoms with E-state index in [1.54, 1.807) is 30.0 Å². The molecule has 1 aromatic carbocycles. The van der Waals surface area contributed by atoms with E-state index in [1.807, 2.05) is 13.8 Å². The van der Waals surface area contributed by atoms with Gasteiger partial charge >= 0.3 is 0 Å². The zero-order chi connectivity index (χ0) is 16.3. The molecule has 1 aromatic rings. The van der Waals surface area contributed by atoms with E-state index in [-0.39, 0.29) is 11.7 Å². The molecule has 0 saturated heterocycles. The van der Waals surface area contributed by atoms with Crippen molar-refractivity contribution in [3.8, 4) is 0 Å². The molecule has 0 aliphatic carbocycles. The van der Waals surface area contributed by atoms with Crippen LogP contribution in [0.1, 0.15) is 32.4 Å². The second-order valence-electron chi connectivity index (χ2n) is 5.07. The summed E-state index contributed by atoms with van der Waals surface area (Å²) in [5, 5.41) is 6.37. The molecule has 0 aromatic heterocycles. The number of thiocarbonyl (C=S) groups is 1. The summed E-state index contributed by atoms with van der Waals surface area (Å²) < 4.78 is 14.2. The number of carbonyl (C=O) groups is 1. The number of hydrogen-bond acceptors (Lipinski definition) is 2. The number of carbonyl (C=O) groups excluding carboxylic acids is 1. The van der Waals surface area contributed by atoms with E-state index in [0.29, 0.717) is 35.0 Å². The van der Waals surface area contributed by atoms with Gasteiger partial charge in [-0.3, -0.25) is 4.79 Å². The Balaban J connectivity index is 2.50. The van der Waals surface area contributed by atoms with Crippen molar-refractivity contribution >= 4 is 23.2 Å². The van der Waals surface area contributed by atoms with Crippen molar-refractivity contribution in [2.75, 3.05) is 13.1 Å².